The van der Waals surface area contributed by atoms with Crippen LogP contribution in [0, 0.1) is 5.92 Å². The van der Waals surface area contributed by atoms with Gasteiger partial charge in [0.15, 0.2) is 0 Å². The molecule has 1 aromatic carbocycles. The first-order valence-corrected chi connectivity index (χ1v) is 7.37. The molecule has 0 radical (unpaired) electrons. The molecule has 1 heterocycles. The Morgan fingerprint density at radius 3 is 2.89 bits per heavy atom. The number of benzene rings is 1. The van der Waals surface area contributed by atoms with Crippen molar-refractivity contribution in [3.05, 3.63) is 28.2 Å². The van der Waals surface area contributed by atoms with E-state index in [1.165, 1.54) is 11.3 Å². The molecule has 4 heteroatoms. The second-order valence-corrected chi connectivity index (χ2v) is 6.96. The molecule has 1 unspecified atom stereocenters. The Labute approximate surface area is 122 Å². The summed E-state index contributed by atoms with van der Waals surface area (Å²) >= 11 is 3.48. The van der Waals surface area contributed by atoms with Crippen LogP contribution in [0.1, 0.15) is 32.8 Å². The number of carbonyl (C=O) groups is 1. The summed E-state index contributed by atoms with van der Waals surface area (Å²) in [5, 5.41) is 3.38. The Bertz CT molecular complexity index is 480. The lowest BCUT2D eigenvalue weighted by molar-refractivity contribution is -0.155. The highest BCUT2D eigenvalue weighted by molar-refractivity contribution is 9.10. The third-order valence-corrected chi connectivity index (χ3v) is 3.53. The lowest BCUT2D eigenvalue weighted by Gasteiger charge is -2.27. The van der Waals surface area contributed by atoms with Crippen LogP contribution in [0.3, 0.4) is 0 Å². The van der Waals surface area contributed by atoms with E-state index >= 15 is 0 Å². The van der Waals surface area contributed by atoms with Crippen molar-refractivity contribution in [1.82, 2.24) is 0 Å². The third-order valence-electron chi connectivity index (χ3n) is 3.03. The summed E-state index contributed by atoms with van der Waals surface area (Å²) in [4.78, 5) is 11.8. The maximum atomic E-state index is 11.8. The minimum Gasteiger partial charge on any atom is -0.460 e. The molecular weight excluding hydrogens is 306 g/mol. The van der Waals surface area contributed by atoms with Gasteiger partial charge in [-0.25, -0.2) is 0 Å². The van der Waals surface area contributed by atoms with Crippen LogP contribution in [-0.2, 0) is 16.0 Å². The molecule has 0 aromatic heterocycles. The Kier molecular flexibility index (Phi) is 4.19. The Balaban J connectivity index is 1.96. The van der Waals surface area contributed by atoms with Gasteiger partial charge in [0.25, 0.3) is 0 Å². The summed E-state index contributed by atoms with van der Waals surface area (Å²) in [6.07, 6.45) is 1.39. The first-order chi connectivity index (χ1) is 8.83. The van der Waals surface area contributed by atoms with E-state index in [0.717, 1.165) is 17.4 Å². The van der Waals surface area contributed by atoms with Crippen LogP contribution in [0.25, 0.3) is 0 Å². The number of rotatable bonds is 2. The molecule has 0 saturated carbocycles. The van der Waals surface area contributed by atoms with E-state index < -0.39 is 5.60 Å². The smallest absolute Gasteiger partial charge is 0.306 e. The topological polar surface area (TPSA) is 38.3 Å². The van der Waals surface area contributed by atoms with Crippen molar-refractivity contribution in [2.45, 2.75) is 39.2 Å². The number of fused-ring (bicyclic) bond motifs is 1. The van der Waals surface area contributed by atoms with Gasteiger partial charge < -0.3 is 10.1 Å². The van der Waals surface area contributed by atoms with Gasteiger partial charge in [0.1, 0.15) is 5.60 Å². The van der Waals surface area contributed by atoms with Gasteiger partial charge in [0.2, 0.25) is 0 Å². The first kappa shape index (κ1) is 14.4. The molecule has 1 aliphatic heterocycles. The molecule has 1 aromatic rings. The van der Waals surface area contributed by atoms with Gasteiger partial charge in [-0.3, -0.25) is 4.79 Å². The zero-order valence-corrected chi connectivity index (χ0v) is 13.2. The van der Waals surface area contributed by atoms with E-state index in [4.69, 9.17) is 4.74 Å². The number of carbonyl (C=O) groups excluding carboxylic acids is 1. The first-order valence-electron chi connectivity index (χ1n) is 6.57. The van der Waals surface area contributed by atoms with E-state index in [9.17, 15) is 4.79 Å². The van der Waals surface area contributed by atoms with Gasteiger partial charge >= 0.3 is 5.97 Å². The fraction of sp³-hybridized carbons (Fsp3) is 0.533. The van der Waals surface area contributed by atoms with Crippen molar-refractivity contribution in [3.63, 3.8) is 0 Å². The molecule has 0 fully saturated rings. The Morgan fingerprint density at radius 1 is 1.47 bits per heavy atom. The lowest BCUT2D eigenvalue weighted by Crippen LogP contribution is -2.29. The van der Waals surface area contributed by atoms with Crippen LogP contribution in [0.2, 0.25) is 0 Å². The number of esters is 1. The molecule has 2 rings (SSSR count). The molecule has 3 nitrogen and oxygen atoms in total. The van der Waals surface area contributed by atoms with E-state index in [1.807, 2.05) is 26.8 Å². The highest BCUT2D eigenvalue weighted by Gasteiger charge is 2.24. The van der Waals surface area contributed by atoms with Crippen molar-refractivity contribution >= 4 is 27.6 Å². The highest BCUT2D eigenvalue weighted by atomic mass is 79.9. The van der Waals surface area contributed by atoms with Gasteiger partial charge in [-0.2, -0.15) is 0 Å². The molecule has 0 saturated heterocycles. The van der Waals surface area contributed by atoms with Crippen LogP contribution in [0.4, 0.5) is 5.69 Å². The molecule has 19 heavy (non-hydrogen) atoms. The van der Waals surface area contributed by atoms with Gasteiger partial charge in [0, 0.05) is 16.7 Å². The largest absolute Gasteiger partial charge is 0.460 e. The average Bonchev–Trinajstić information content (AvgIpc) is 2.25. The van der Waals surface area contributed by atoms with E-state index in [2.05, 4.69) is 33.4 Å². The van der Waals surface area contributed by atoms with Crippen LogP contribution < -0.4 is 5.32 Å². The summed E-state index contributed by atoms with van der Waals surface area (Å²) < 4.78 is 6.45. The summed E-state index contributed by atoms with van der Waals surface area (Å²) in [5.41, 5.74) is 2.03. The van der Waals surface area contributed by atoms with E-state index in [-0.39, 0.29) is 5.97 Å². The number of anilines is 1. The summed E-state index contributed by atoms with van der Waals surface area (Å²) in [5.74, 6) is 0.189. The summed E-state index contributed by atoms with van der Waals surface area (Å²) in [6.45, 7) is 6.52. The van der Waals surface area contributed by atoms with Crippen LogP contribution in [0.15, 0.2) is 22.7 Å². The zero-order valence-electron chi connectivity index (χ0n) is 11.6. The maximum absolute atomic E-state index is 11.8. The van der Waals surface area contributed by atoms with Gasteiger partial charge in [-0.1, -0.05) is 15.9 Å². The second kappa shape index (κ2) is 5.53. The van der Waals surface area contributed by atoms with Crippen LogP contribution in [0.5, 0.6) is 0 Å². The minimum absolute atomic E-state index is 0.113. The SMILES string of the molecule is CC(C)(C)OC(=O)CC1CNc2ccc(Br)cc2C1. The predicted molar refractivity (Wildman–Crippen MR) is 80.3 cm³/mol. The fourth-order valence-corrected chi connectivity index (χ4v) is 2.71. The standard InChI is InChI=1S/C15H20BrNO2/c1-15(2,3)19-14(18)7-10-6-11-8-12(16)4-5-13(11)17-9-10/h4-5,8,10,17H,6-7,9H2,1-3H3. The fourth-order valence-electron chi connectivity index (χ4n) is 2.30. The number of hydrogen-bond donors (Lipinski definition) is 1. The molecule has 104 valence electrons. The third kappa shape index (κ3) is 4.23. The lowest BCUT2D eigenvalue weighted by atomic mass is 9.91. The molecule has 1 aliphatic rings. The van der Waals surface area contributed by atoms with Gasteiger partial charge in [-0.05, 0) is 56.9 Å². The van der Waals surface area contributed by atoms with Gasteiger partial charge in [0.05, 0.1) is 6.42 Å². The minimum atomic E-state index is -0.403. The van der Waals surface area contributed by atoms with Crippen molar-refractivity contribution in [3.8, 4) is 0 Å². The molecule has 0 bridgehead atoms. The molecule has 1 N–H and O–H groups in total. The van der Waals surface area contributed by atoms with Crippen molar-refractivity contribution in [1.29, 1.82) is 0 Å². The molecule has 0 spiro atoms. The average molecular weight is 326 g/mol. The molecule has 0 aliphatic carbocycles. The second-order valence-electron chi connectivity index (χ2n) is 6.04. The zero-order chi connectivity index (χ0) is 14.0. The Morgan fingerprint density at radius 2 is 2.21 bits per heavy atom. The number of ether oxygens (including phenoxy) is 1. The van der Waals surface area contributed by atoms with Crippen molar-refractivity contribution in [2.75, 3.05) is 11.9 Å². The number of nitrogens with one attached hydrogen (secondary N) is 1. The number of halogens is 1. The molecule has 0 amide bonds. The van der Waals surface area contributed by atoms with Crippen molar-refractivity contribution in [2.24, 2.45) is 5.92 Å². The summed E-state index contributed by atoms with van der Waals surface area (Å²) in [7, 11) is 0. The van der Waals surface area contributed by atoms with Crippen LogP contribution in [-0.4, -0.2) is 18.1 Å². The normalized spacial score (nSPS) is 18.4. The van der Waals surface area contributed by atoms with E-state index in [0.29, 0.717) is 12.3 Å². The highest BCUT2D eigenvalue weighted by Crippen LogP contribution is 2.29. The molecular formula is C15H20BrNO2. The number of hydrogen-bond acceptors (Lipinski definition) is 3. The van der Waals surface area contributed by atoms with Crippen LogP contribution >= 0.6 is 15.9 Å². The van der Waals surface area contributed by atoms with Gasteiger partial charge in [-0.15, -0.1) is 0 Å². The molecule has 1 atom stereocenters. The monoisotopic (exact) mass is 325 g/mol. The Hall–Kier alpha value is -1.03. The predicted octanol–water partition coefficient (Wildman–Crippen LogP) is 3.77. The maximum Gasteiger partial charge on any atom is 0.306 e. The summed E-state index contributed by atoms with van der Waals surface area (Å²) in [6, 6.07) is 6.22. The van der Waals surface area contributed by atoms with Crippen molar-refractivity contribution < 1.29 is 9.53 Å². The van der Waals surface area contributed by atoms with E-state index in [1.54, 1.807) is 0 Å². The quantitative estimate of drug-likeness (QED) is 0.841.